The molecule has 0 aromatic carbocycles. The summed E-state index contributed by atoms with van der Waals surface area (Å²) in [7, 11) is 0. The maximum Gasteiger partial charge on any atom is 0.234 e. The molecule has 2 aliphatic rings. The van der Waals surface area contributed by atoms with Crippen LogP contribution in [0.4, 0.5) is 0 Å². The van der Waals surface area contributed by atoms with Crippen LogP contribution < -0.4 is 16.0 Å². The van der Waals surface area contributed by atoms with Crippen LogP contribution in [0.15, 0.2) is 0 Å². The van der Waals surface area contributed by atoms with Crippen LogP contribution in [-0.4, -0.2) is 173 Å². The third-order valence-corrected chi connectivity index (χ3v) is 7.98. The Hall–Kier alpha value is -2.36. The number of hydrogen-bond donors (Lipinski definition) is 9. The molecule has 48 heavy (non-hydrogen) atoms. The highest BCUT2D eigenvalue weighted by Crippen LogP contribution is 2.22. The van der Waals surface area contributed by atoms with Crippen molar-refractivity contribution in [1.82, 2.24) is 20.9 Å². The standard InChI is InChI=1S/C30H54N4O14/c1-4-19(35)8-6-5-7-9-31-20(36)14-34(15-21(37)32-10-12-45-29-27(43)25(41)23(39)17(2)47-29)16-22(38)33-11-13-46-30-28(44)26(42)24(40)18(3)48-30/h17-18,23-30,39-44H,4-16H2,1-3H3,(H,31,36)(H,32,37)(H,33,38)/t17-,18-,23+,24+,25+,26+,27-,28-,29+,30+/m0/s1. The fraction of sp³-hybridized carbons (Fsp3) is 0.867. The Kier molecular flexibility index (Phi) is 18.9. The molecule has 0 unspecified atom stereocenters. The number of rotatable bonds is 21. The molecule has 278 valence electrons. The van der Waals surface area contributed by atoms with Crippen molar-refractivity contribution in [2.75, 3.05) is 52.5 Å². The molecule has 0 bridgehead atoms. The lowest BCUT2D eigenvalue weighted by atomic mass is 10.0. The monoisotopic (exact) mass is 694 g/mol. The predicted octanol–water partition coefficient (Wildman–Crippen LogP) is -4.14. The van der Waals surface area contributed by atoms with Gasteiger partial charge in [-0.15, -0.1) is 0 Å². The van der Waals surface area contributed by atoms with Gasteiger partial charge >= 0.3 is 0 Å². The molecule has 2 saturated heterocycles. The number of unbranched alkanes of at least 4 members (excludes halogenated alkanes) is 2. The molecule has 2 aliphatic heterocycles. The number of ketones is 1. The van der Waals surface area contributed by atoms with Crippen LogP contribution in [0, 0.1) is 0 Å². The second-order valence-electron chi connectivity index (χ2n) is 12.0. The van der Waals surface area contributed by atoms with Crippen molar-refractivity contribution in [3.05, 3.63) is 0 Å². The van der Waals surface area contributed by atoms with Crippen LogP contribution in [0.2, 0.25) is 0 Å². The van der Waals surface area contributed by atoms with E-state index in [1.54, 1.807) is 0 Å². The second-order valence-corrected chi connectivity index (χ2v) is 12.0. The number of ether oxygens (including phenoxy) is 4. The zero-order valence-electron chi connectivity index (χ0n) is 27.9. The molecule has 2 rings (SSSR count). The van der Waals surface area contributed by atoms with Crippen LogP contribution in [0.1, 0.15) is 52.9 Å². The van der Waals surface area contributed by atoms with Crippen LogP contribution in [0.5, 0.6) is 0 Å². The Bertz CT molecular complexity index is 953. The van der Waals surface area contributed by atoms with E-state index >= 15 is 0 Å². The number of nitrogens with zero attached hydrogens (tertiary/aromatic N) is 1. The normalized spacial score (nSPS) is 30.5. The van der Waals surface area contributed by atoms with E-state index < -0.39 is 79.1 Å². The molecule has 0 aromatic rings. The first kappa shape index (κ1) is 41.8. The smallest absolute Gasteiger partial charge is 0.234 e. The average molecular weight is 695 g/mol. The Labute approximate surface area is 280 Å². The van der Waals surface area contributed by atoms with Gasteiger partial charge in [0, 0.05) is 32.5 Å². The van der Waals surface area contributed by atoms with Gasteiger partial charge in [-0.1, -0.05) is 13.3 Å². The topological polar surface area (TPSA) is 266 Å². The molecule has 2 fully saturated rings. The molecule has 2 heterocycles. The molecule has 0 aliphatic carbocycles. The largest absolute Gasteiger partial charge is 0.388 e. The lowest BCUT2D eigenvalue weighted by molar-refractivity contribution is -0.292. The van der Waals surface area contributed by atoms with E-state index in [0.717, 1.165) is 12.8 Å². The van der Waals surface area contributed by atoms with Gasteiger partial charge in [0.2, 0.25) is 17.7 Å². The Morgan fingerprint density at radius 1 is 0.604 bits per heavy atom. The number of nitrogens with one attached hydrogen (secondary N) is 3. The summed E-state index contributed by atoms with van der Waals surface area (Å²) in [6, 6.07) is 0. The summed E-state index contributed by atoms with van der Waals surface area (Å²) in [5.41, 5.74) is 0. The lowest BCUT2D eigenvalue weighted by Gasteiger charge is -2.38. The Morgan fingerprint density at radius 2 is 1.02 bits per heavy atom. The molecular formula is C30H54N4O14. The number of carbonyl (C=O) groups excluding carboxylic acids is 4. The number of Topliss-reactive ketones (excluding diaryl/α,β-unsaturated/α-hetero) is 1. The third-order valence-electron chi connectivity index (χ3n) is 7.98. The summed E-state index contributed by atoms with van der Waals surface area (Å²) < 4.78 is 21.5. The van der Waals surface area contributed by atoms with Gasteiger partial charge in [0.25, 0.3) is 0 Å². The van der Waals surface area contributed by atoms with Crippen LogP contribution >= 0.6 is 0 Å². The van der Waals surface area contributed by atoms with E-state index in [-0.39, 0.29) is 51.7 Å². The highest BCUT2D eigenvalue weighted by molar-refractivity contribution is 5.84. The van der Waals surface area contributed by atoms with Gasteiger partial charge in [-0.2, -0.15) is 0 Å². The SMILES string of the molecule is CCC(=O)CCCCCNC(=O)CN(CC(=O)NCCO[C@@H]1O[C@@H](C)[C@@H](O)[C@@H](O)[C@@H]1O)CC(=O)NCCO[C@@H]1O[C@@H](C)[C@@H](O)[C@@H](O)[C@@H]1O. The summed E-state index contributed by atoms with van der Waals surface area (Å²) >= 11 is 0. The van der Waals surface area contributed by atoms with E-state index in [4.69, 9.17) is 18.9 Å². The number of carbonyl (C=O) groups is 4. The number of amides is 3. The van der Waals surface area contributed by atoms with E-state index in [9.17, 15) is 49.8 Å². The van der Waals surface area contributed by atoms with Crippen molar-refractivity contribution in [3.63, 3.8) is 0 Å². The minimum absolute atomic E-state index is 0.0258. The Balaban J connectivity index is 1.81. The lowest BCUT2D eigenvalue weighted by Crippen LogP contribution is -2.57. The number of aliphatic hydroxyl groups excluding tert-OH is 6. The van der Waals surface area contributed by atoms with Gasteiger partial charge in [-0.3, -0.25) is 24.1 Å². The fourth-order valence-electron chi connectivity index (χ4n) is 5.01. The van der Waals surface area contributed by atoms with Gasteiger partial charge in [0.05, 0.1) is 45.1 Å². The van der Waals surface area contributed by atoms with Gasteiger partial charge in [-0.25, -0.2) is 0 Å². The third kappa shape index (κ3) is 14.2. The van der Waals surface area contributed by atoms with E-state index in [1.165, 1.54) is 18.7 Å². The zero-order chi connectivity index (χ0) is 35.8. The molecule has 10 atom stereocenters. The first-order valence-corrected chi connectivity index (χ1v) is 16.4. The molecule has 0 saturated carbocycles. The molecular weight excluding hydrogens is 640 g/mol. The maximum absolute atomic E-state index is 12.7. The quantitative estimate of drug-likeness (QED) is 0.0517. The first-order valence-electron chi connectivity index (χ1n) is 16.4. The highest BCUT2D eigenvalue weighted by Gasteiger charge is 2.43. The summed E-state index contributed by atoms with van der Waals surface area (Å²) in [5, 5.41) is 67.4. The molecule has 18 nitrogen and oxygen atoms in total. The van der Waals surface area contributed by atoms with Gasteiger partial charge < -0.3 is 65.5 Å². The van der Waals surface area contributed by atoms with E-state index in [2.05, 4.69) is 16.0 Å². The van der Waals surface area contributed by atoms with Crippen LogP contribution in [0.3, 0.4) is 0 Å². The maximum atomic E-state index is 12.7. The molecule has 0 spiro atoms. The van der Waals surface area contributed by atoms with Gasteiger partial charge in [0.15, 0.2) is 12.6 Å². The van der Waals surface area contributed by atoms with Crippen molar-refractivity contribution < 1.29 is 68.8 Å². The van der Waals surface area contributed by atoms with Crippen molar-refractivity contribution in [2.45, 2.75) is 114 Å². The summed E-state index contributed by atoms with van der Waals surface area (Å²) in [5.74, 6) is -1.29. The molecule has 9 N–H and O–H groups in total. The minimum atomic E-state index is -1.49. The van der Waals surface area contributed by atoms with Crippen LogP contribution in [0.25, 0.3) is 0 Å². The summed E-state index contributed by atoms with van der Waals surface area (Å²) in [6.45, 7) is 3.98. The summed E-state index contributed by atoms with van der Waals surface area (Å²) in [6.07, 6.45) is -9.36. The Morgan fingerprint density at radius 3 is 1.44 bits per heavy atom. The number of hydrogen-bond acceptors (Lipinski definition) is 15. The van der Waals surface area contributed by atoms with Gasteiger partial charge in [0.1, 0.15) is 42.4 Å². The molecule has 0 aromatic heterocycles. The highest BCUT2D eigenvalue weighted by atomic mass is 16.7. The van der Waals surface area contributed by atoms with E-state index in [1.807, 2.05) is 6.92 Å². The van der Waals surface area contributed by atoms with Crippen molar-refractivity contribution in [1.29, 1.82) is 0 Å². The minimum Gasteiger partial charge on any atom is -0.388 e. The molecule has 18 heteroatoms. The van der Waals surface area contributed by atoms with Gasteiger partial charge in [-0.05, 0) is 26.7 Å². The zero-order valence-corrected chi connectivity index (χ0v) is 27.9. The molecule has 3 amide bonds. The number of aliphatic hydroxyl groups is 6. The van der Waals surface area contributed by atoms with E-state index in [0.29, 0.717) is 25.8 Å². The predicted molar refractivity (Wildman–Crippen MR) is 166 cm³/mol. The second kappa shape index (κ2) is 21.7. The van der Waals surface area contributed by atoms with Crippen molar-refractivity contribution in [3.8, 4) is 0 Å². The van der Waals surface area contributed by atoms with Crippen molar-refractivity contribution >= 4 is 23.5 Å². The molecule has 0 radical (unpaired) electrons. The summed E-state index contributed by atoms with van der Waals surface area (Å²) in [4.78, 5) is 50.8. The average Bonchev–Trinajstić information content (AvgIpc) is 3.05. The first-order chi connectivity index (χ1) is 22.7. The van der Waals surface area contributed by atoms with Crippen LogP contribution in [-0.2, 0) is 38.1 Å². The van der Waals surface area contributed by atoms with Crippen molar-refractivity contribution in [2.24, 2.45) is 0 Å². The fourth-order valence-corrected chi connectivity index (χ4v) is 5.01.